The predicted molar refractivity (Wildman–Crippen MR) is 67.5 cm³/mol. The normalized spacial score (nSPS) is 12.7. The van der Waals surface area contributed by atoms with E-state index in [0.717, 1.165) is 6.07 Å². The summed E-state index contributed by atoms with van der Waals surface area (Å²) in [5.41, 5.74) is 5.23. The van der Waals surface area contributed by atoms with Crippen molar-refractivity contribution in [1.29, 1.82) is 0 Å². The molecule has 0 unspecified atom stereocenters. The zero-order chi connectivity index (χ0) is 15.3. The lowest BCUT2D eigenvalue weighted by atomic mass is 10.1. The van der Waals surface area contributed by atoms with Crippen LogP contribution in [0.3, 0.4) is 0 Å². The van der Waals surface area contributed by atoms with Gasteiger partial charge in [0, 0.05) is 6.42 Å². The number of carboxylic acids is 1. The fourth-order valence-electron chi connectivity index (χ4n) is 1.24. The number of nitrogens with two attached hydrogens (primary N) is 1. The van der Waals surface area contributed by atoms with Crippen LogP contribution in [0, 0.1) is 0 Å². The lowest BCUT2D eigenvalue weighted by molar-refractivity contribution is -0.138. The highest BCUT2D eigenvalue weighted by Gasteiger charge is 2.15. The molecule has 0 aliphatic heterocycles. The van der Waals surface area contributed by atoms with E-state index in [1.807, 2.05) is 0 Å². The average Bonchev–Trinajstić information content (AvgIpc) is 2.35. The molecule has 0 bridgehead atoms. The number of aromatic nitrogens is 1. The first-order valence-corrected chi connectivity index (χ1v) is 6.87. The number of hydrogen-bond donors (Lipinski definition) is 4. The van der Waals surface area contributed by atoms with Gasteiger partial charge < -0.3 is 16.2 Å². The number of nitrogens with one attached hydrogen (secondary N) is 1. The van der Waals surface area contributed by atoms with E-state index >= 15 is 0 Å². The van der Waals surface area contributed by atoms with Gasteiger partial charge in [0.1, 0.15) is 11.9 Å². The van der Waals surface area contributed by atoms with Crippen molar-refractivity contribution in [1.82, 2.24) is 4.98 Å². The van der Waals surface area contributed by atoms with E-state index in [9.17, 15) is 18.0 Å². The maximum Gasteiger partial charge on any atom is 0.320 e. The molecular formula is C10H13N3O6S. The van der Waals surface area contributed by atoms with Crippen LogP contribution < -0.4 is 11.1 Å². The molecule has 1 aromatic heterocycles. The molecule has 5 N–H and O–H groups in total. The largest absolute Gasteiger partial charge is 0.480 e. The molecule has 110 valence electrons. The van der Waals surface area contributed by atoms with Gasteiger partial charge in [0.25, 0.3) is 0 Å². The second-order valence-electron chi connectivity index (χ2n) is 3.87. The Balaban J connectivity index is 2.65. The predicted octanol–water partition coefficient (Wildman–Crippen LogP) is -0.541. The van der Waals surface area contributed by atoms with Crippen molar-refractivity contribution in [2.24, 2.45) is 5.73 Å². The Bertz CT molecular complexity index is 615. The highest BCUT2D eigenvalue weighted by Crippen LogP contribution is 2.10. The summed E-state index contributed by atoms with van der Waals surface area (Å²) >= 11 is 0. The Kier molecular flexibility index (Phi) is 5.13. The molecule has 1 amide bonds. The van der Waals surface area contributed by atoms with Gasteiger partial charge in [-0.3, -0.25) is 14.1 Å². The summed E-state index contributed by atoms with van der Waals surface area (Å²) in [5.74, 6) is -1.86. The number of carbonyl (C=O) groups excluding carboxylic acids is 1. The number of carboxylic acid groups (broad SMARTS) is 1. The summed E-state index contributed by atoms with van der Waals surface area (Å²) in [4.78, 5) is 25.5. The molecule has 0 spiro atoms. The van der Waals surface area contributed by atoms with Gasteiger partial charge in [0.15, 0.2) is 5.03 Å². The summed E-state index contributed by atoms with van der Waals surface area (Å²) in [7, 11) is -4.46. The summed E-state index contributed by atoms with van der Waals surface area (Å²) in [6.45, 7) is 0. The number of aliphatic carboxylic acids is 1. The van der Waals surface area contributed by atoms with E-state index in [1.165, 1.54) is 12.1 Å². The molecular weight excluding hydrogens is 290 g/mol. The van der Waals surface area contributed by atoms with E-state index in [4.69, 9.17) is 15.4 Å². The standard InChI is InChI=1S/C10H13N3O6S/c11-6(10(15)16)4-5-8(14)12-7-2-1-3-9(13-7)20(17,18)19/h1-3,6H,4-5,11H2,(H,15,16)(H,12,13,14)(H,17,18,19)/t6-/m0/s1. The third-order valence-electron chi connectivity index (χ3n) is 2.25. The van der Waals surface area contributed by atoms with Crippen molar-refractivity contribution in [2.75, 3.05) is 5.32 Å². The Morgan fingerprint density at radius 1 is 1.40 bits per heavy atom. The Morgan fingerprint density at radius 2 is 2.05 bits per heavy atom. The molecule has 0 saturated carbocycles. The van der Waals surface area contributed by atoms with Crippen LogP contribution in [0.5, 0.6) is 0 Å². The summed E-state index contributed by atoms with van der Waals surface area (Å²) in [6, 6.07) is 2.52. The topological polar surface area (TPSA) is 160 Å². The van der Waals surface area contributed by atoms with Crippen molar-refractivity contribution >= 4 is 27.8 Å². The zero-order valence-electron chi connectivity index (χ0n) is 10.2. The Labute approximate surface area is 114 Å². The average molecular weight is 303 g/mol. The highest BCUT2D eigenvalue weighted by molar-refractivity contribution is 7.85. The first kappa shape index (κ1) is 16.0. The molecule has 1 aromatic rings. The fraction of sp³-hybridized carbons (Fsp3) is 0.300. The number of amides is 1. The number of carbonyl (C=O) groups is 2. The van der Waals surface area contributed by atoms with Gasteiger partial charge >= 0.3 is 16.1 Å². The second-order valence-corrected chi connectivity index (χ2v) is 5.24. The molecule has 1 atom stereocenters. The van der Waals surface area contributed by atoms with Gasteiger partial charge in [-0.25, -0.2) is 4.98 Å². The summed E-state index contributed by atoms with van der Waals surface area (Å²) in [5, 5.41) is 10.2. The van der Waals surface area contributed by atoms with E-state index in [0.29, 0.717) is 0 Å². The lowest BCUT2D eigenvalue weighted by Gasteiger charge is -2.07. The van der Waals surface area contributed by atoms with Gasteiger partial charge in [0.05, 0.1) is 0 Å². The number of anilines is 1. The van der Waals surface area contributed by atoms with Crippen molar-refractivity contribution in [2.45, 2.75) is 23.9 Å². The number of rotatable bonds is 6. The minimum absolute atomic E-state index is 0.0703. The van der Waals surface area contributed by atoms with Crippen LogP contribution in [0.4, 0.5) is 5.82 Å². The second kappa shape index (κ2) is 6.41. The number of hydrogen-bond acceptors (Lipinski definition) is 6. The molecule has 20 heavy (non-hydrogen) atoms. The van der Waals surface area contributed by atoms with Gasteiger partial charge in [-0.1, -0.05) is 6.07 Å². The van der Waals surface area contributed by atoms with E-state index in [2.05, 4.69) is 10.3 Å². The van der Waals surface area contributed by atoms with Crippen molar-refractivity contribution in [3.05, 3.63) is 18.2 Å². The van der Waals surface area contributed by atoms with Crippen LogP contribution in [0.15, 0.2) is 23.2 Å². The molecule has 0 aliphatic rings. The third-order valence-corrected chi connectivity index (χ3v) is 3.01. The van der Waals surface area contributed by atoms with Gasteiger partial charge in [-0.2, -0.15) is 8.42 Å². The van der Waals surface area contributed by atoms with E-state index in [-0.39, 0.29) is 18.7 Å². The fourth-order valence-corrected chi connectivity index (χ4v) is 1.71. The van der Waals surface area contributed by atoms with Gasteiger partial charge in [0.2, 0.25) is 5.91 Å². The summed E-state index contributed by atoms with van der Waals surface area (Å²) in [6.07, 6.45) is -0.232. The van der Waals surface area contributed by atoms with Crippen molar-refractivity contribution in [3.8, 4) is 0 Å². The first-order chi connectivity index (χ1) is 9.20. The summed E-state index contributed by atoms with van der Waals surface area (Å²) < 4.78 is 30.5. The molecule has 0 fully saturated rings. The van der Waals surface area contributed by atoms with Crippen LogP contribution in [0.2, 0.25) is 0 Å². The number of nitrogens with zero attached hydrogens (tertiary/aromatic N) is 1. The molecule has 0 aromatic carbocycles. The third kappa shape index (κ3) is 4.91. The van der Waals surface area contributed by atoms with E-state index in [1.54, 1.807) is 0 Å². The molecule has 1 rings (SSSR count). The van der Waals surface area contributed by atoms with Crippen molar-refractivity contribution < 1.29 is 27.7 Å². The maximum atomic E-state index is 11.5. The van der Waals surface area contributed by atoms with Crippen LogP contribution in [0.25, 0.3) is 0 Å². The molecule has 0 aliphatic carbocycles. The molecule has 0 saturated heterocycles. The first-order valence-electron chi connectivity index (χ1n) is 5.43. The molecule has 1 heterocycles. The van der Waals surface area contributed by atoms with E-state index < -0.39 is 33.1 Å². The van der Waals surface area contributed by atoms with Gasteiger partial charge in [-0.05, 0) is 18.6 Å². The molecule has 9 nitrogen and oxygen atoms in total. The molecule has 0 radical (unpaired) electrons. The monoisotopic (exact) mass is 303 g/mol. The van der Waals surface area contributed by atoms with Crippen molar-refractivity contribution in [3.63, 3.8) is 0 Å². The van der Waals surface area contributed by atoms with Crippen LogP contribution in [0.1, 0.15) is 12.8 Å². The molecule has 10 heteroatoms. The lowest BCUT2D eigenvalue weighted by Crippen LogP contribution is -2.31. The SMILES string of the molecule is N[C@@H](CCC(=O)Nc1cccc(S(=O)(=O)O)n1)C(=O)O. The van der Waals surface area contributed by atoms with Gasteiger partial charge in [-0.15, -0.1) is 0 Å². The van der Waals surface area contributed by atoms with Crippen LogP contribution >= 0.6 is 0 Å². The quantitative estimate of drug-likeness (QED) is 0.509. The smallest absolute Gasteiger partial charge is 0.320 e. The highest BCUT2D eigenvalue weighted by atomic mass is 32.2. The maximum absolute atomic E-state index is 11.5. The van der Waals surface area contributed by atoms with Crippen LogP contribution in [-0.2, 0) is 19.7 Å². The minimum atomic E-state index is -4.46. The Morgan fingerprint density at radius 3 is 2.60 bits per heavy atom. The zero-order valence-corrected chi connectivity index (χ0v) is 11.0. The van der Waals surface area contributed by atoms with Crippen LogP contribution in [-0.4, -0.2) is 41.0 Å². The minimum Gasteiger partial charge on any atom is -0.480 e. The number of pyridine rings is 1. The Hall–Kier alpha value is -2.04.